The molecule has 7 heteroatoms. The quantitative estimate of drug-likeness (QED) is 0.457. The van der Waals surface area contributed by atoms with Gasteiger partial charge in [-0.25, -0.2) is 0 Å². The monoisotopic (exact) mass is 435 g/mol. The van der Waals surface area contributed by atoms with Crippen molar-refractivity contribution in [3.8, 4) is 22.6 Å². The van der Waals surface area contributed by atoms with Gasteiger partial charge in [-0.2, -0.15) is 0 Å². The van der Waals surface area contributed by atoms with Gasteiger partial charge < -0.3 is 14.8 Å². The Morgan fingerprint density at radius 1 is 0.967 bits per heavy atom. The van der Waals surface area contributed by atoms with Crippen molar-refractivity contribution in [3.05, 3.63) is 87.5 Å². The third-order valence-electron chi connectivity index (χ3n) is 4.79. The van der Waals surface area contributed by atoms with Gasteiger partial charge in [0.1, 0.15) is 5.00 Å². The number of rotatable bonds is 3. The van der Waals surface area contributed by atoms with Crippen molar-refractivity contribution in [1.29, 1.82) is 0 Å². The maximum absolute atomic E-state index is 13.4. The van der Waals surface area contributed by atoms with Gasteiger partial charge in [-0.05, 0) is 54.1 Å². The molecule has 148 valence electrons. The lowest BCUT2D eigenvalue weighted by Gasteiger charge is -2.12. The molecule has 0 aliphatic carbocycles. The highest BCUT2D eigenvalue weighted by atomic mass is 35.5. The van der Waals surface area contributed by atoms with E-state index in [0.29, 0.717) is 43.6 Å². The number of carbonyl (C=O) groups excluding carboxylic acids is 1. The van der Waals surface area contributed by atoms with Crippen LogP contribution in [-0.4, -0.2) is 12.7 Å². The molecule has 0 spiro atoms. The molecule has 30 heavy (non-hydrogen) atoms. The molecule has 2 heterocycles. The van der Waals surface area contributed by atoms with E-state index in [4.69, 9.17) is 21.1 Å². The number of ether oxygens (including phenoxy) is 2. The van der Waals surface area contributed by atoms with Gasteiger partial charge >= 0.3 is 0 Å². The second-order valence-corrected chi connectivity index (χ2v) is 8.15. The number of amides is 1. The van der Waals surface area contributed by atoms with Crippen LogP contribution in [0.2, 0.25) is 5.02 Å². The SMILES string of the molecule is O=C(Nc1sc2ccccc2c(=O)c1-c1ccc2c(c1)OCO2)c1ccc(Cl)cc1. The van der Waals surface area contributed by atoms with Crippen LogP contribution in [0.3, 0.4) is 0 Å². The summed E-state index contributed by atoms with van der Waals surface area (Å²) in [4.78, 5) is 26.2. The average molecular weight is 436 g/mol. The molecule has 5 nitrogen and oxygen atoms in total. The summed E-state index contributed by atoms with van der Waals surface area (Å²) >= 11 is 7.27. The minimum Gasteiger partial charge on any atom is -0.454 e. The molecule has 0 atom stereocenters. The van der Waals surface area contributed by atoms with Gasteiger partial charge in [0.15, 0.2) is 16.9 Å². The van der Waals surface area contributed by atoms with Crippen LogP contribution in [0.1, 0.15) is 10.4 Å². The highest BCUT2D eigenvalue weighted by Gasteiger charge is 2.20. The Labute approximate surface area is 180 Å². The molecule has 1 amide bonds. The smallest absolute Gasteiger partial charge is 0.256 e. The third-order valence-corrected chi connectivity index (χ3v) is 6.13. The summed E-state index contributed by atoms with van der Waals surface area (Å²) in [6, 6.07) is 19.2. The van der Waals surface area contributed by atoms with Gasteiger partial charge in [-0.15, -0.1) is 11.3 Å². The fraction of sp³-hybridized carbons (Fsp3) is 0.0435. The number of benzene rings is 3. The first-order chi connectivity index (χ1) is 14.6. The standard InChI is InChI=1S/C23H14ClNO4S/c24-15-8-5-13(6-9-15)22(27)25-23-20(14-7-10-17-18(11-14)29-12-28-17)21(26)16-3-1-2-4-19(16)30-23/h1-11H,12H2,(H,25,27). The molecule has 0 bridgehead atoms. The van der Waals surface area contributed by atoms with E-state index in [0.717, 1.165) is 4.70 Å². The number of anilines is 1. The minimum atomic E-state index is -0.320. The second-order valence-electron chi connectivity index (χ2n) is 6.66. The fourth-order valence-electron chi connectivity index (χ4n) is 3.32. The van der Waals surface area contributed by atoms with Gasteiger partial charge in [0.25, 0.3) is 5.91 Å². The van der Waals surface area contributed by atoms with E-state index in [1.807, 2.05) is 18.2 Å². The van der Waals surface area contributed by atoms with Crippen LogP contribution in [-0.2, 0) is 0 Å². The van der Waals surface area contributed by atoms with Gasteiger partial charge in [0.05, 0.1) is 5.56 Å². The van der Waals surface area contributed by atoms with Gasteiger partial charge in [-0.3, -0.25) is 9.59 Å². The van der Waals surface area contributed by atoms with E-state index in [-0.39, 0.29) is 18.1 Å². The van der Waals surface area contributed by atoms with Crippen LogP contribution in [0.5, 0.6) is 11.5 Å². The molecule has 1 aliphatic heterocycles. The number of hydrogen-bond acceptors (Lipinski definition) is 5. The van der Waals surface area contributed by atoms with E-state index in [2.05, 4.69) is 5.32 Å². The van der Waals surface area contributed by atoms with E-state index in [9.17, 15) is 9.59 Å². The van der Waals surface area contributed by atoms with Crippen LogP contribution in [0.25, 0.3) is 21.2 Å². The molecule has 4 aromatic rings. The largest absolute Gasteiger partial charge is 0.454 e. The molecule has 1 aliphatic rings. The van der Waals surface area contributed by atoms with Gasteiger partial charge in [0.2, 0.25) is 6.79 Å². The molecular weight excluding hydrogens is 422 g/mol. The summed E-state index contributed by atoms with van der Waals surface area (Å²) in [5.74, 6) is 0.877. The van der Waals surface area contributed by atoms with E-state index in [1.54, 1.807) is 48.5 Å². The molecule has 0 saturated carbocycles. The number of hydrogen-bond donors (Lipinski definition) is 1. The molecule has 0 saturated heterocycles. The Morgan fingerprint density at radius 3 is 2.57 bits per heavy atom. The molecule has 0 fully saturated rings. The topological polar surface area (TPSA) is 64.6 Å². The average Bonchev–Trinajstić information content (AvgIpc) is 3.22. The van der Waals surface area contributed by atoms with Crippen molar-refractivity contribution >= 4 is 43.9 Å². The van der Waals surface area contributed by atoms with E-state index >= 15 is 0 Å². The predicted octanol–water partition coefficient (Wildman–Crippen LogP) is 5.56. The summed E-state index contributed by atoms with van der Waals surface area (Å²) in [6.07, 6.45) is 0. The second kappa shape index (κ2) is 7.48. The summed E-state index contributed by atoms with van der Waals surface area (Å²) in [5, 5.41) is 4.52. The van der Waals surface area contributed by atoms with Crippen molar-refractivity contribution in [2.75, 3.05) is 12.1 Å². The zero-order chi connectivity index (χ0) is 20.7. The molecule has 1 aromatic heterocycles. The first-order valence-corrected chi connectivity index (χ1v) is 10.3. The number of carbonyl (C=O) groups is 1. The Kier molecular flexibility index (Phi) is 4.65. The molecule has 3 aromatic carbocycles. The summed E-state index contributed by atoms with van der Waals surface area (Å²) in [5.41, 5.74) is 1.36. The molecular formula is C23H14ClNO4S. The molecule has 5 rings (SSSR count). The van der Waals surface area contributed by atoms with E-state index in [1.165, 1.54) is 11.3 Å². The first-order valence-electron chi connectivity index (χ1n) is 9.13. The highest BCUT2D eigenvalue weighted by Crippen LogP contribution is 2.39. The van der Waals surface area contributed by atoms with Gasteiger partial charge in [0, 0.05) is 20.7 Å². The minimum absolute atomic E-state index is 0.142. The summed E-state index contributed by atoms with van der Waals surface area (Å²) in [6.45, 7) is 0.142. The van der Waals surface area contributed by atoms with Crippen molar-refractivity contribution in [2.24, 2.45) is 0 Å². The zero-order valence-corrected chi connectivity index (χ0v) is 17.0. The fourth-order valence-corrected chi connectivity index (χ4v) is 4.54. The predicted molar refractivity (Wildman–Crippen MR) is 119 cm³/mol. The number of fused-ring (bicyclic) bond motifs is 2. The Morgan fingerprint density at radius 2 is 1.73 bits per heavy atom. The maximum Gasteiger partial charge on any atom is 0.256 e. The Balaban J connectivity index is 1.66. The summed E-state index contributed by atoms with van der Waals surface area (Å²) < 4.78 is 11.6. The number of halogens is 1. The lowest BCUT2D eigenvalue weighted by atomic mass is 10.0. The Hall–Kier alpha value is -3.35. The molecule has 1 N–H and O–H groups in total. The molecule has 0 radical (unpaired) electrons. The maximum atomic E-state index is 13.4. The van der Waals surface area contributed by atoms with E-state index < -0.39 is 0 Å². The third kappa shape index (κ3) is 3.30. The normalized spacial score (nSPS) is 12.2. The highest BCUT2D eigenvalue weighted by molar-refractivity contribution is 7.22. The van der Waals surface area contributed by atoms with Crippen molar-refractivity contribution in [1.82, 2.24) is 0 Å². The van der Waals surface area contributed by atoms with Crippen LogP contribution in [0.15, 0.2) is 71.5 Å². The Bertz CT molecular complexity index is 1350. The van der Waals surface area contributed by atoms with Crippen LogP contribution in [0.4, 0.5) is 5.00 Å². The molecule has 0 unspecified atom stereocenters. The van der Waals surface area contributed by atoms with Crippen molar-refractivity contribution in [3.63, 3.8) is 0 Å². The van der Waals surface area contributed by atoms with Crippen LogP contribution < -0.4 is 20.2 Å². The lowest BCUT2D eigenvalue weighted by Crippen LogP contribution is -2.15. The van der Waals surface area contributed by atoms with Crippen LogP contribution in [0, 0.1) is 0 Å². The van der Waals surface area contributed by atoms with Crippen LogP contribution >= 0.6 is 22.9 Å². The number of nitrogens with one attached hydrogen (secondary N) is 1. The van der Waals surface area contributed by atoms with Crippen molar-refractivity contribution < 1.29 is 14.3 Å². The zero-order valence-electron chi connectivity index (χ0n) is 15.5. The van der Waals surface area contributed by atoms with Gasteiger partial charge in [-0.1, -0.05) is 29.8 Å². The summed E-state index contributed by atoms with van der Waals surface area (Å²) in [7, 11) is 0. The lowest BCUT2D eigenvalue weighted by molar-refractivity contribution is 0.102. The van der Waals surface area contributed by atoms with Crippen molar-refractivity contribution in [2.45, 2.75) is 0 Å². The first kappa shape index (κ1) is 18.7.